The maximum Gasteiger partial charge on any atom is 0.407 e. The van der Waals surface area contributed by atoms with E-state index >= 15 is 0 Å². The second-order valence-corrected chi connectivity index (χ2v) is 9.97. The molecule has 1 fully saturated rings. The predicted molar refractivity (Wildman–Crippen MR) is 130 cm³/mol. The number of ether oxygens (including phenoxy) is 2. The number of fused-ring (bicyclic) bond motifs is 3. The first-order valence-electron chi connectivity index (χ1n) is 11.9. The van der Waals surface area contributed by atoms with Gasteiger partial charge in [-0.05, 0) is 48.4 Å². The molecule has 2 unspecified atom stereocenters. The average molecular weight is 481 g/mol. The van der Waals surface area contributed by atoms with Gasteiger partial charge in [0.25, 0.3) is 0 Å². The Morgan fingerprint density at radius 3 is 2.20 bits per heavy atom. The molecule has 186 valence electrons. The summed E-state index contributed by atoms with van der Waals surface area (Å²) in [5.74, 6) is -1.67. The predicted octanol–water partition coefficient (Wildman–Crippen LogP) is 3.99. The van der Waals surface area contributed by atoms with E-state index in [9.17, 15) is 19.5 Å². The molecule has 2 aromatic carbocycles. The van der Waals surface area contributed by atoms with Crippen LogP contribution in [0.3, 0.4) is 0 Å². The quantitative estimate of drug-likeness (QED) is 0.621. The van der Waals surface area contributed by atoms with Gasteiger partial charge in [0, 0.05) is 5.92 Å². The van der Waals surface area contributed by atoms with Gasteiger partial charge < -0.3 is 19.9 Å². The lowest BCUT2D eigenvalue weighted by molar-refractivity contribution is -0.157. The zero-order chi connectivity index (χ0) is 25.3. The number of hydrogen-bond donors (Lipinski definition) is 2. The fourth-order valence-corrected chi connectivity index (χ4v) is 5.05. The minimum Gasteiger partial charge on any atom is -0.480 e. The molecule has 2 atom stereocenters. The molecule has 2 aliphatic rings. The van der Waals surface area contributed by atoms with Crippen molar-refractivity contribution in [1.29, 1.82) is 0 Å². The summed E-state index contributed by atoms with van der Waals surface area (Å²) in [6.07, 6.45) is -0.377. The number of carboxylic acids is 1. The van der Waals surface area contributed by atoms with E-state index in [0.29, 0.717) is 6.42 Å². The van der Waals surface area contributed by atoms with Gasteiger partial charge in [-0.2, -0.15) is 0 Å². The van der Waals surface area contributed by atoms with E-state index in [2.05, 4.69) is 17.4 Å². The number of carbonyl (C=O) groups excluding carboxylic acids is 2. The van der Waals surface area contributed by atoms with E-state index in [1.165, 1.54) is 4.90 Å². The summed E-state index contributed by atoms with van der Waals surface area (Å²) in [6, 6.07) is 14.0. The summed E-state index contributed by atoms with van der Waals surface area (Å²) in [6.45, 7) is 7.17. The Bertz CT molecular complexity index is 1080. The van der Waals surface area contributed by atoms with Crippen LogP contribution < -0.4 is 5.32 Å². The van der Waals surface area contributed by atoms with Gasteiger partial charge in [-0.25, -0.2) is 9.59 Å². The van der Waals surface area contributed by atoms with Crippen LogP contribution in [0.5, 0.6) is 0 Å². The Balaban J connectivity index is 1.48. The van der Waals surface area contributed by atoms with E-state index in [0.717, 1.165) is 22.3 Å². The van der Waals surface area contributed by atoms with E-state index < -0.39 is 35.8 Å². The molecule has 2 aromatic rings. The molecule has 0 radical (unpaired) electrons. The third-order valence-electron chi connectivity index (χ3n) is 6.65. The molecule has 1 aliphatic heterocycles. The lowest BCUT2D eigenvalue weighted by Gasteiger charge is -2.35. The normalized spacial score (nSPS) is 19.2. The number of hydrogen-bond acceptors (Lipinski definition) is 5. The summed E-state index contributed by atoms with van der Waals surface area (Å²) in [7, 11) is 0. The SMILES string of the molecule is CC(C)CC(NC(=O)OCC1c2ccccc2-c2ccccc21)C(=O)N1C(C(=O)O)COC1(C)C. The third kappa shape index (κ3) is 4.89. The van der Waals surface area contributed by atoms with Gasteiger partial charge in [-0.3, -0.25) is 9.69 Å². The highest BCUT2D eigenvalue weighted by Crippen LogP contribution is 2.44. The first kappa shape index (κ1) is 24.7. The number of amides is 2. The fraction of sp³-hybridized carbons (Fsp3) is 0.444. The van der Waals surface area contributed by atoms with Crippen LogP contribution in [0.4, 0.5) is 4.79 Å². The van der Waals surface area contributed by atoms with Crippen LogP contribution in [0.15, 0.2) is 48.5 Å². The third-order valence-corrected chi connectivity index (χ3v) is 6.65. The summed E-state index contributed by atoms with van der Waals surface area (Å²) in [5.41, 5.74) is 3.34. The first-order valence-corrected chi connectivity index (χ1v) is 11.9. The van der Waals surface area contributed by atoms with Crippen LogP contribution in [0.1, 0.15) is 51.2 Å². The molecule has 2 N–H and O–H groups in total. The highest BCUT2D eigenvalue weighted by atomic mass is 16.6. The maximum absolute atomic E-state index is 13.4. The van der Waals surface area contributed by atoms with E-state index in [1.54, 1.807) is 13.8 Å². The standard InChI is InChI=1S/C27H32N2O6/c1-16(2)13-22(24(30)29-23(25(31)32)15-35-27(29,3)4)28-26(33)34-14-21-19-11-7-5-9-17(19)18-10-6-8-12-20(18)21/h5-12,16,21-23H,13-15H2,1-4H3,(H,28,33)(H,31,32). The molecule has 1 heterocycles. The van der Waals surface area contributed by atoms with Crippen molar-refractivity contribution in [2.45, 2.75) is 57.8 Å². The molecule has 1 aliphatic carbocycles. The number of carboxylic acid groups (broad SMARTS) is 1. The van der Waals surface area contributed by atoms with Crippen molar-refractivity contribution < 1.29 is 29.0 Å². The largest absolute Gasteiger partial charge is 0.480 e. The highest BCUT2D eigenvalue weighted by Gasteiger charge is 2.49. The zero-order valence-corrected chi connectivity index (χ0v) is 20.5. The Hall–Kier alpha value is -3.39. The van der Waals surface area contributed by atoms with Gasteiger partial charge in [0.15, 0.2) is 6.04 Å². The van der Waals surface area contributed by atoms with E-state index in [1.807, 2.05) is 50.2 Å². The zero-order valence-electron chi connectivity index (χ0n) is 20.5. The molecule has 0 aromatic heterocycles. The number of benzene rings is 2. The lowest BCUT2D eigenvalue weighted by Crippen LogP contribution is -2.58. The van der Waals surface area contributed by atoms with Crippen molar-refractivity contribution in [1.82, 2.24) is 10.2 Å². The van der Waals surface area contributed by atoms with Crippen LogP contribution in [0, 0.1) is 5.92 Å². The number of rotatable bonds is 7. The van der Waals surface area contributed by atoms with Crippen molar-refractivity contribution in [2.24, 2.45) is 5.92 Å². The Morgan fingerprint density at radius 1 is 1.09 bits per heavy atom. The second kappa shape index (κ2) is 9.70. The van der Waals surface area contributed by atoms with Gasteiger partial charge in [0.05, 0.1) is 6.61 Å². The number of nitrogens with zero attached hydrogens (tertiary/aromatic N) is 1. The number of carbonyl (C=O) groups is 3. The Kier molecular flexibility index (Phi) is 6.85. The first-order chi connectivity index (χ1) is 16.6. The number of nitrogens with one attached hydrogen (secondary N) is 1. The molecular weight excluding hydrogens is 448 g/mol. The summed E-state index contributed by atoms with van der Waals surface area (Å²) in [5, 5.41) is 12.3. The highest BCUT2D eigenvalue weighted by molar-refractivity contribution is 5.90. The van der Waals surface area contributed by atoms with Crippen molar-refractivity contribution in [3.63, 3.8) is 0 Å². The topological polar surface area (TPSA) is 105 Å². The van der Waals surface area contributed by atoms with Crippen LogP contribution in [-0.2, 0) is 19.1 Å². The van der Waals surface area contributed by atoms with Gasteiger partial charge >= 0.3 is 12.1 Å². The molecule has 0 spiro atoms. The number of alkyl carbamates (subject to hydrolysis) is 1. The maximum atomic E-state index is 13.4. The van der Waals surface area contributed by atoms with Gasteiger partial charge in [-0.1, -0.05) is 62.4 Å². The van der Waals surface area contributed by atoms with E-state index in [4.69, 9.17) is 9.47 Å². The van der Waals surface area contributed by atoms with Crippen molar-refractivity contribution in [3.8, 4) is 11.1 Å². The molecule has 1 saturated heterocycles. The van der Waals surface area contributed by atoms with E-state index in [-0.39, 0.29) is 25.0 Å². The smallest absolute Gasteiger partial charge is 0.407 e. The molecular formula is C27H32N2O6. The lowest BCUT2D eigenvalue weighted by atomic mass is 9.98. The molecule has 8 nitrogen and oxygen atoms in total. The second-order valence-electron chi connectivity index (χ2n) is 9.97. The monoisotopic (exact) mass is 480 g/mol. The summed E-state index contributed by atoms with van der Waals surface area (Å²) < 4.78 is 11.2. The molecule has 0 saturated carbocycles. The molecule has 35 heavy (non-hydrogen) atoms. The minimum absolute atomic E-state index is 0.0766. The molecule has 4 rings (SSSR count). The Labute approximate surface area is 205 Å². The molecule has 2 amide bonds. The average Bonchev–Trinajstić information content (AvgIpc) is 3.30. The van der Waals surface area contributed by atoms with Crippen molar-refractivity contribution in [2.75, 3.05) is 13.2 Å². The van der Waals surface area contributed by atoms with Gasteiger partial charge in [-0.15, -0.1) is 0 Å². The van der Waals surface area contributed by atoms with Crippen molar-refractivity contribution in [3.05, 3.63) is 59.7 Å². The number of aliphatic carboxylic acids is 1. The van der Waals surface area contributed by atoms with Crippen molar-refractivity contribution >= 4 is 18.0 Å². The van der Waals surface area contributed by atoms with Gasteiger partial charge in [0.2, 0.25) is 5.91 Å². The summed E-state index contributed by atoms with van der Waals surface area (Å²) >= 11 is 0. The van der Waals surface area contributed by atoms with Gasteiger partial charge in [0.1, 0.15) is 18.4 Å². The molecule has 8 heteroatoms. The van der Waals surface area contributed by atoms with Crippen LogP contribution >= 0.6 is 0 Å². The minimum atomic E-state index is -1.15. The molecule has 0 bridgehead atoms. The Morgan fingerprint density at radius 2 is 1.66 bits per heavy atom. The van der Waals surface area contributed by atoms with Crippen LogP contribution in [0.2, 0.25) is 0 Å². The van der Waals surface area contributed by atoms with Crippen LogP contribution in [0.25, 0.3) is 11.1 Å². The fourth-order valence-electron chi connectivity index (χ4n) is 5.05. The van der Waals surface area contributed by atoms with Crippen LogP contribution in [-0.4, -0.2) is 59.0 Å². The summed E-state index contributed by atoms with van der Waals surface area (Å²) in [4.78, 5) is 39.3.